The number of aromatic amines is 1. The largest absolute Gasteiger partial charge is 0.366 e. The van der Waals surface area contributed by atoms with Crippen molar-refractivity contribution in [1.29, 1.82) is 0 Å². The summed E-state index contributed by atoms with van der Waals surface area (Å²) >= 11 is 6.42. The molecule has 0 unspecified atom stereocenters. The average Bonchev–Trinajstić information content (AvgIpc) is 3.11. The molecule has 0 aliphatic carbocycles. The monoisotopic (exact) mass is 389 g/mol. The van der Waals surface area contributed by atoms with E-state index in [9.17, 15) is 4.79 Å². The molecule has 1 aromatic heterocycles. The van der Waals surface area contributed by atoms with Gasteiger partial charge in [-0.25, -0.2) is 4.98 Å². The Labute approximate surface area is 168 Å². The van der Waals surface area contributed by atoms with Crippen LogP contribution < -0.4 is 5.73 Å². The summed E-state index contributed by atoms with van der Waals surface area (Å²) in [5.41, 5.74) is 10.4. The number of nitrogens with two attached hydrogens (primary N) is 1. The smallest absolute Gasteiger partial charge is 0.248 e. The minimum absolute atomic E-state index is 0.221. The molecule has 4 rings (SSSR count). The number of aromatic nitrogens is 2. The van der Waals surface area contributed by atoms with E-state index in [4.69, 9.17) is 17.3 Å². The minimum atomic E-state index is -0.461. The average molecular weight is 390 g/mol. The van der Waals surface area contributed by atoms with Crippen LogP contribution in [-0.4, -0.2) is 15.9 Å². The van der Waals surface area contributed by atoms with Crippen molar-refractivity contribution in [3.05, 3.63) is 88.4 Å². The Hall–Kier alpha value is -3.11. The first-order chi connectivity index (χ1) is 13.4. The molecular formula is C23H20ClN3O. The van der Waals surface area contributed by atoms with Gasteiger partial charge in [0.25, 0.3) is 0 Å². The van der Waals surface area contributed by atoms with Gasteiger partial charge in [0.1, 0.15) is 5.82 Å². The second-order valence-corrected chi connectivity index (χ2v) is 7.77. The Balaban J connectivity index is 1.69. The fourth-order valence-electron chi connectivity index (χ4n) is 3.46. The molecule has 0 saturated carbocycles. The summed E-state index contributed by atoms with van der Waals surface area (Å²) in [5, 5.41) is 0.763. The van der Waals surface area contributed by atoms with Crippen molar-refractivity contribution < 1.29 is 4.79 Å². The molecule has 0 aliphatic rings. The lowest BCUT2D eigenvalue weighted by Crippen LogP contribution is -2.19. The molecule has 0 bridgehead atoms. The van der Waals surface area contributed by atoms with Crippen LogP contribution in [0.4, 0.5) is 0 Å². The zero-order valence-electron chi connectivity index (χ0n) is 15.7. The van der Waals surface area contributed by atoms with Crippen LogP contribution in [0.5, 0.6) is 0 Å². The van der Waals surface area contributed by atoms with E-state index in [-0.39, 0.29) is 5.41 Å². The lowest BCUT2D eigenvalue weighted by atomic mass is 9.78. The van der Waals surface area contributed by atoms with Gasteiger partial charge in [-0.3, -0.25) is 4.79 Å². The predicted molar refractivity (Wildman–Crippen MR) is 114 cm³/mol. The van der Waals surface area contributed by atoms with Crippen molar-refractivity contribution in [3.63, 3.8) is 0 Å². The standard InChI is InChI=1S/C23H20ClN3O/c1-23(2,17-5-3-4-6-18(17)24)16-10-7-14(8-11-16)22-26-19-12-9-15(21(25)28)13-20(19)27-22/h3-13H,1-2H3,(H2,25,28)(H,26,27). The number of rotatable bonds is 4. The molecule has 3 N–H and O–H groups in total. The quantitative estimate of drug-likeness (QED) is 0.496. The highest BCUT2D eigenvalue weighted by Gasteiger charge is 2.25. The SMILES string of the molecule is CC(C)(c1ccc(-c2nc3cc(C(N)=O)ccc3[nH]2)cc1)c1ccccc1Cl. The molecule has 0 atom stereocenters. The molecule has 1 heterocycles. The number of imidazole rings is 1. The van der Waals surface area contributed by atoms with E-state index in [0.29, 0.717) is 11.1 Å². The van der Waals surface area contributed by atoms with Gasteiger partial charge in [-0.2, -0.15) is 0 Å². The second kappa shape index (κ2) is 6.80. The van der Waals surface area contributed by atoms with Gasteiger partial charge in [0.2, 0.25) is 5.91 Å². The maximum absolute atomic E-state index is 11.4. The Kier molecular flexibility index (Phi) is 4.44. The van der Waals surface area contributed by atoms with Gasteiger partial charge < -0.3 is 10.7 Å². The summed E-state index contributed by atoms with van der Waals surface area (Å²) in [4.78, 5) is 19.3. The molecule has 28 heavy (non-hydrogen) atoms. The summed E-state index contributed by atoms with van der Waals surface area (Å²) < 4.78 is 0. The highest BCUT2D eigenvalue weighted by Crippen LogP contribution is 2.36. The molecule has 4 aromatic rings. The number of fused-ring (bicyclic) bond motifs is 1. The van der Waals surface area contributed by atoms with E-state index in [1.807, 2.05) is 36.4 Å². The highest BCUT2D eigenvalue weighted by atomic mass is 35.5. The lowest BCUT2D eigenvalue weighted by molar-refractivity contribution is 0.100. The number of carbonyl (C=O) groups is 1. The number of nitrogens with one attached hydrogen (secondary N) is 1. The molecule has 0 fully saturated rings. The fourth-order valence-corrected chi connectivity index (χ4v) is 3.84. The summed E-state index contributed by atoms with van der Waals surface area (Å²) in [7, 11) is 0. The molecule has 1 amide bonds. The van der Waals surface area contributed by atoms with Gasteiger partial charge >= 0.3 is 0 Å². The highest BCUT2D eigenvalue weighted by molar-refractivity contribution is 6.31. The van der Waals surface area contributed by atoms with Crippen LogP contribution in [0.2, 0.25) is 5.02 Å². The number of nitrogens with zero attached hydrogens (tertiary/aromatic N) is 1. The van der Waals surface area contributed by atoms with Gasteiger partial charge in [0, 0.05) is 21.6 Å². The van der Waals surface area contributed by atoms with Crippen LogP contribution in [0.25, 0.3) is 22.4 Å². The fraction of sp³-hybridized carbons (Fsp3) is 0.130. The van der Waals surface area contributed by atoms with E-state index in [1.165, 1.54) is 0 Å². The van der Waals surface area contributed by atoms with E-state index >= 15 is 0 Å². The maximum Gasteiger partial charge on any atom is 0.248 e. The minimum Gasteiger partial charge on any atom is -0.366 e. The number of H-pyrrole nitrogens is 1. The number of amides is 1. The Morgan fingerprint density at radius 1 is 1.04 bits per heavy atom. The third-order valence-corrected chi connectivity index (χ3v) is 5.52. The Morgan fingerprint density at radius 2 is 1.75 bits per heavy atom. The molecule has 3 aromatic carbocycles. The van der Waals surface area contributed by atoms with Gasteiger partial charge in [-0.05, 0) is 35.4 Å². The summed E-state index contributed by atoms with van der Waals surface area (Å²) in [6, 6.07) is 21.4. The first-order valence-electron chi connectivity index (χ1n) is 9.02. The van der Waals surface area contributed by atoms with Gasteiger partial charge in [0.15, 0.2) is 0 Å². The van der Waals surface area contributed by atoms with Crippen LogP contribution in [-0.2, 0) is 5.41 Å². The molecule has 4 nitrogen and oxygen atoms in total. The predicted octanol–water partition coefficient (Wildman–Crippen LogP) is 5.31. The van der Waals surface area contributed by atoms with Gasteiger partial charge in [0.05, 0.1) is 11.0 Å². The Bertz CT molecular complexity index is 1180. The number of benzene rings is 3. The molecule has 140 valence electrons. The van der Waals surface area contributed by atoms with E-state index < -0.39 is 5.91 Å². The molecule has 5 heteroatoms. The van der Waals surface area contributed by atoms with Crippen LogP contribution in [0, 0.1) is 0 Å². The van der Waals surface area contributed by atoms with E-state index in [2.05, 4.69) is 42.0 Å². The van der Waals surface area contributed by atoms with Crippen molar-refractivity contribution in [1.82, 2.24) is 9.97 Å². The van der Waals surface area contributed by atoms with Crippen molar-refractivity contribution in [2.24, 2.45) is 5.73 Å². The number of hydrogen-bond donors (Lipinski definition) is 2. The van der Waals surface area contributed by atoms with Crippen LogP contribution in [0.3, 0.4) is 0 Å². The van der Waals surface area contributed by atoms with Gasteiger partial charge in [-0.1, -0.05) is 67.9 Å². The zero-order valence-corrected chi connectivity index (χ0v) is 16.4. The zero-order chi connectivity index (χ0) is 19.9. The maximum atomic E-state index is 11.4. The molecule has 0 saturated heterocycles. The first-order valence-corrected chi connectivity index (χ1v) is 9.39. The third kappa shape index (κ3) is 3.16. The van der Waals surface area contributed by atoms with Crippen molar-refractivity contribution in [3.8, 4) is 11.4 Å². The molecular weight excluding hydrogens is 370 g/mol. The topological polar surface area (TPSA) is 71.8 Å². The number of carbonyl (C=O) groups excluding carboxylic acids is 1. The van der Waals surface area contributed by atoms with Crippen LogP contribution >= 0.6 is 11.6 Å². The van der Waals surface area contributed by atoms with Crippen molar-refractivity contribution in [2.75, 3.05) is 0 Å². The first kappa shape index (κ1) is 18.3. The number of halogens is 1. The van der Waals surface area contributed by atoms with Crippen LogP contribution in [0.15, 0.2) is 66.7 Å². The van der Waals surface area contributed by atoms with Crippen molar-refractivity contribution in [2.45, 2.75) is 19.3 Å². The normalized spacial score (nSPS) is 11.7. The molecule has 0 radical (unpaired) electrons. The third-order valence-electron chi connectivity index (χ3n) is 5.19. The van der Waals surface area contributed by atoms with Crippen molar-refractivity contribution >= 4 is 28.5 Å². The second-order valence-electron chi connectivity index (χ2n) is 7.36. The van der Waals surface area contributed by atoms with E-state index in [1.54, 1.807) is 12.1 Å². The number of hydrogen-bond acceptors (Lipinski definition) is 2. The summed E-state index contributed by atoms with van der Waals surface area (Å²) in [5.74, 6) is 0.288. The molecule has 0 spiro atoms. The summed E-state index contributed by atoms with van der Waals surface area (Å²) in [6.07, 6.45) is 0. The molecule has 0 aliphatic heterocycles. The Morgan fingerprint density at radius 3 is 2.43 bits per heavy atom. The number of primary amides is 1. The summed E-state index contributed by atoms with van der Waals surface area (Å²) in [6.45, 7) is 4.32. The lowest BCUT2D eigenvalue weighted by Gasteiger charge is -2.27. The van der Waals surface area contributed by atoms with Gasteiger partial charge in [-0.15, -0.1) is 0 Å². The van der Waals surface area contributed by atoms with Crippen LogP contribution in [0.1, 0.15) is 35.3 Å². The van der Waals surface area contributed by atoms with E-state index in [0.717, 1.165) is 33.1 Å².